The average Bonchev–Trinajstić information content (AvgIpc) is 3.17. The molecule has 0 heterocycles. The van der Waals surface area contributed by atoms with Gasteiger partial charge in [-0.05, 0) is 42.2 Å². The molecule has 2 rings (SSSR count). The van der Waals surface area contributed by atoms with Gasteiger partial charge >= 0.3 is 5.97 Å². The minimum absolute atomic E-state index is 0.0576. The average molecular weight is 380 g/mol. The number of allylic oxidation sites excluding steroid dienone is 2. The predicted octanol–water partition coefficient (Wildman–Crippen LogP) is 5.13. The van der Waals surface area contributed by atoms with Crippen LogP contribution in [0.15, 0.2) is 12.2 Å². The molecule has 1 saturated carbocycles. The molecule has 150 valence electrons. The molecule has 0 aliphatic heterocycles. The maximum Gasteiger partial charge on any atom is 0.310 e. The highest BCUT2D eigenvalue weighted by atomic mass is 19.1. The van der Waals surface area contributed by atoms with Gasteiger partial charge in [0.2, 0.25) is 0 Å². The van der Waals surface area contributed by atoms with Gasteiger partial charge in [0.1, 0.15) is 18.2 Å². The molecule has 2 atom stereocenters. The van der Waals surface area contributed by atoms with Crippen LogP contribution in [0, 0.1) is 28.9 Å². The quantitative estimate of drug-likeness (QED) is 0.463. The van der Waals surface area contributed by atoms with Crippen LogP contribution in [0.3, 0.4) is 0 Å². The van der Waals surface area contributed by atoms with E-state index in [0.717, 1.165) is 0 Å². The Kier molecular flexibility index (Phi) is 6.79. The lowest BCUT2D eigenvalue weighted by atomic mass is 9.93. The smallest absolute Gasteiger partial charge is 0.310 e. The monoisotopic (exact) mass is 380 g/mol. The van der Waals surface area contributed by atoms with Crippen LogP contribution >= 0.6 is 0 Å². The Morgan fingerprint density at radius 3 is 2.04 bits per heavy atom. The lowest BCUT2D eigenvalue weighted by Gasteiger charge is -2.19. The highest BCUT2D eigenvalue weighted by Crippen LogP contribution is 2.59. The summed E-state index contributed by atoms with van der Waals surface area (Å²) in [6.45, 7) is 9.35. The van der Waals surface area contributed by atoms with Crippen LogP contribution in [-0.4, -0.2) is 13.1 Å². The van der Waals surface area contributed by atoms with E-state index in [0.29, 0.717) is 29.5 Å². The number of rotatable bonds is 8. The van der Waals surface area contributed by atoms with Gasteiger partial charge in [0.25, 0.3) is 0 Å². The maximum atomic E-state index is 14.8. The van der Waals surface area contributed by atoms with Crippen LogP contribution in [-0.2, 0) is 40.3 Å². The topological polar surface area (TPSA) is 35.5 Å². The van der Waals surface area contributed by atoms with E-state index >= 15 is 0 Å². The molecule has 5 heteroatoms. The Labute approximate surface area is 160 Å². The van der Waals surface area contributed by atoms with Crippen LogP contribution in [0.2, 0.25) is 0 Å². The molecule has 0 aromatic heterocycles. The van der Waals surface area contributed by atoms with Gasteiger partial charge in [0.15, 0.2) is 0 Å². The van der Waals surface area contributed by atoms with Gasteiger partial charge in [0, 0.05) is 18.2 Å². The first-order chi connectivity index (χ1) is 12.8. The Hall–Kier alpha value is -1.75. The zero-order valence-corrected chi connectivity index (χ0v) is 17.1. The predicted molar refractivity (Wildman–Crippen MR) is 101 cm³/mol. The molecule has 1 fully saturated rings. The number of esters is 1. The van der Waals surface area contributed by atoms with Crippen molar-refractivity contribution >= 4 is 5.97 Å². The van der Waals surface area contributed by atoms with E-state index in [-0.39, 0.29) is 42.0 Å². The molecule has 0 amide bonds. The number of carbonyl (C=O) groups excluding carboxylic acids is 1. The molecule has 0 saturated heterocycles. The van der Waals surface area contributed by atoms with E-state index in [1.807, 2.05) is 46.8 Å². The first kappa shape index (κ1) is 21.5. The lowest BCUT2D eigenvalue weighted by Crippen LogP contribution is -2.16. The summed E-state index contributed by atoms with van der Waals surface area (Å²) in [6.07, 6.45) is 4.72. The molecule has 0 unspecified atom stereocenters. The summed E-state index contributed by atoms with van der Waals surface area (Å²) in [7, 11) is 1.41. The van der Waals surface area contributed by atoms with Crippen LogP contribution in [0.1, 0.15) is 56.9 Å². The van der Waals surface area contributed by atoms with E-state index < -0.39 is 11.6 Å². The Morgan fingerprint density at radius 1 is 1.04 bits per heavy atom. The minimum Gasteiger partial charge on any atom is -0.461 e. The molecule has 27 heavy (non-hydrogen) atoms. The van der Waals surface area contributed by atoms with Crippen LogP contribution in [0.25, 0.3) is 0 Å². The first-order valence-corrected chi connectivity index (χ1v) is 9.54. The third-order valence-corrected chi connectivity index (χ3v) is 5.71. The number of benzene rings is 1. The summed E-state index contributed by atoms with van der Waals surface area (Å²) in [4.78, 5) is 12.6. The largest absolute Gasteiger partial charge is 0.461 e. The van der Waals surface area contributed by atoms with E-state index in [2.05, 4.69) is 0 Å². The third kappa shape index (κ3) is 3.93. The second-order valence-electron chi connectivity index (χ2n) is 7.64. The van der Waals surface area contributed by atoms with Gasteiger partial charge in [-0.25, -0.2) is 8.78 Å². The molecule has 0 bridgehead atoms. The molecule has 0 N–H and O–H groups in total. The van der Waals surface area contributed by atoms with Crippen molar-refractivity contribution < 1.29 is 23.0 Å². The van der Waals surface area contributed by atoms with Crippen molar-refractivity contribution in [2.24, 2.45) is 17.3 Å². The Morgan fingerprint density at radius 2 is 1.59 bits per heavy atom. The molecule has 1 aliphatic rings. The van der Waals surface area contributed by atoms with Crippen molar-refractivity contribution in [1.29, 1.82) is 0 Å². The van der Waals surface area contributed by atoms with Gasteiger partial charge in [-0.3, -0.25) is 4.79 Å². The summed E-state index contributed by atoms with van der Waals surface area (Å²) in [6, 6.07) is 0. The summed E-state index contributed by atoms with van der Waals surface area (Å²) >= 11 is 0. The zero-order chi connectivity index (χ0) is 20.4. The van der Waals surface area contributed by atoms with Crippen molar-refractivity contribution in [2.75, 3.05) is 7.11 Å². The second-order valence-corrected chi connectivity index (χ2v) is 7.64. The van der Waals surface area contributed by atoms with Crippen molar-refractivity contribution in [3.63, 3.8) is 0 Å². The molecule has 0 spiro atoms. The zero-order valence-electron chi connectivity index (χ0n) is 17.1. The number of halogens is 2. The number of hydrogen-bond donors (Lipinski definition) is 0. The Bertz CT molecular complexity index is 707. The fourth-order valence-electron chi connectivity index (χ4n) is 4.02. The summed E-state index contributed by atoms with van der Waals surface area (Å²) in [5.41, 5.74) is 1.03. The molecule has 1 aromatic rings. The van der Waals surface area contributed by atoms with Gasteiger partial charge in [-0.2, -0.15) is 0 Å². The SMILES string of the molecule is C/C=C\[C@@H]1[C@@H](C(=O)OCc2c(CC)c(F)c(COC)c(F)c2CC)C1(C)C. The standard InChI is InChI=1S/C22H30F2O3/c1-7-10-17-18(22(17,4)5)21(25)27-12-15-13(8-2)19(23)16(11-26-6)20(24)14(15)9-3/h7,10,17-18H,8-9,11-12H2,1-6H3/b10-7-/t17-,18+/m1/s1. The summed E-state index contributed by atoms with van der Waals surface area (Å²) in [5, 5.41) is 0. The van der Waals surface area contributed by atoms with Crippen molar-refractivity contribution in [3.05, 3.63) is 46.0 Å². The summed E-state index contributed by atoms with van der Waals surface area (Å²) in [5.74, 6) is -1.58. The van der Waals surface area contributed by atoms with Gasteiger partial charge in [-0.15, -0.1) is 0 Å². The molecule has 3 nitrogen and oxygen atoms in total. The fraction of sp³-hybridized carbons (Fsp3) is 0.591. The minimum atomic E-state index is -0.598. The highest BCUT2D eigenvalue weighted by Gasteiger charge is 2.61. The van der Waals surface area contributed by atoms with Gasteiger partial charge in [-0.1, -0.05) is 39.8 Å². The highest BCUT2D eigenvalue weighted by molar-refractivity contribution is 5.78. The lowest BCUT2D eigenvalue weighted by molar-refractivity contribution is -0.147. The number of ether oxygens (including phenoxy) is 2. The molecular formula is C22H30F2O3. The molecular weight excluding hydrogens is 350 g/mol. The van der Waals surface area contributed by atoms with Crippen LogP contribution in [0.4, 0.5) is 8.78 Å². The van der Waals surface area contributed by atoms with E-state index in [1.165, 1.54) is 7.11 Å². The van der Waals surface area contributed by atoms with Gasteiger partial charge in [0.05, 0.1) is 12.5 Å². The molecule has 1 aliphatic carbocycles. The maximum absolute atomic E-state index is 14.8. The fourth-order valence-corrected chi connectivity index (χ4v) is 4.02. The van der Waals surface area contributed by atoms with E-state index in [9.17, 15) is 13.6 Å². The van der Waals surface area contributed by atoms with Gasteiger partial charge < -0.3 is 9.47 Å². The third-order valence-electron chi connectivity index (χ3n) is 5.71. The molecule has 0 radical (unpaired) electrons. The normalized spacial score (nSPS) is 20.9. The van der Waals surface area contributed by atoms with Crippen molar-refractivity contribution in [3.8, 4) is 0 Å². The summed E-state index contributed by atoms with van der Waals surface area (Å²) < 4.78 is 40.1. The van der Waals surface area contributed by atoms with E-state index in [1.54, 1.807) is 0 Å². The number of methoxy groups -OCH3 is 1. The van der Waals surface area contributed by atoms with E-state index in [4.69, 9.17) is 9.47 Å². The Balaban J connectivity index is 2.30. The number of carbonyl (C=O) groups is 1. The van der Waals surface area contributed by atoms with Crippen LogP contribution < -0.4 is 0 Å². The van der Waals surface area contributed by atoms with Crippen molar-refractivity contribution in [2.45, 2.75) is 60.7 Å². The molecule has 1 aromatic carbocycles. The second kappa shape index (κ2) is 8.51. The van der Waals surface area contributed by atoms with Crippen LogP contribution in [0.5, 0.6) is 0 Å². The first-order valence-electron chi connectivity index (χ1n) is 9.54. The number of hydrogen-bond acceptors (Lipinski definition) is 3. The van der Waals surface area contributed by atoms with Crippen molar-refractivity contribution in [1.82, 2.24) is 0 Å².